The van der Waals surface area contributed by atoms with Gasteiger partial charge in [0.05, 0.1) is 5.56 Å². The van der Waals surface area contributed by atoms with Gasteiger partial charge in [-0.1, -0.05) is 13.8 Å². The Morgan fingerprint density at radius 2 is 1.45 bits per heavy atom. The number of benzene rings is 3. The molecule has 47 heavy (non-hydrogen) atoms. The second-order valence-electron chi connectivity index (χ2n) is 12.7. The summed E-state index contributed by atoms with van der Waals surface area (Å²) in [5.74, 6) is -0.0537. The van der Waals surface area contributed by atoms with Crippen LogP contribution in [0.1, 0.15) is 78.2 Å². The van der Waals surface area contributed by atoms with Crippen molar-refractivity contribution in [3.05, 3.63) is 76.6 Å². The Kier molecular flexibility index (Phi) is 9.46. The zero-order valence-corrected chi connectivity index (χ0v) is 28.2. The summed E-state index contributed by atoms with van der Waals surface area (Å²) in [6, 6.07) is 13.8. The fraction of sp³-hybridized carbons (Fsp3) is 0.389. The molecule has 0 aliphatic carbocycles. The quantitative estimate of drug-likeness (QED) is 0.226. The van der Waals surface area contributed by atoms with Crippen molar-refractivity contribution < 1.29 is 24.9 Å². The molecule has 11 heteroatoms. The van der Waals surface area contributed by atoms with Crippen LogP contribution in [-0.4, -0.2) is 90.5 Å². The molecule has 248 valence electrons. The highest BCUT2D eigenvalue weighted by molar-refractivity contribution is 5.95. The number of carbonyl (C=O) groups is 2. The van der Waals surface area contributed by atoms with Gasteiger partial charge in [-0.15, -0.1) is 10.2 Å². The molecule has 1 aliphatic heterocycles. The van der Waals surface area contributed by atoms with E-state index < -0.39 is 0 Å². The molecular formula is C36H44N6O5. The Morgan fingerprint density at radius 3 is 2.00 bits per heavy atom. The number of rotatable bonds is 8. The van der Waals surface area contributed by atoms with Crippen molar-refractivity contribution in [2.45, 2.75) is 60.4 Å². The summed E-state index contributed by atoms with van der Waals surface area (Å²) in [5.41, 5.74) is 4.68. The summed E-state index contributed by atoms with van der Waals surface area (Å²) in [6.07, 6.45) is 0. The van der Waals surface area contributed by atoms with E-state index in [1.807, 2.05) is 65.5 Å². The van der Waals surface area contributed by atoms with Crippen molar-refractivity contribution in [3.63, 3.8) is 0 Å². The number of nitrogens with zero attached hydrogens (tertiary/aromatic N) is 6. The number of anilines is 1. The van der Waals surface area contributed by atoms with Gasteiger partial charge in [-0.3, -0.25) is 14.2 Å². The Hall–Kier alpha value is -5.06. The first-order valence-corrected chi connectivity index (χ1v) is 16.1. The van der Waals surface area contributed by atoms with Gasteiger partial charge in [0, 0.05) is 61.8 Å². The number of phenolic OH excluding ortho intramolecular Hbond substituents is 3. The van der Waals surface area contributed by atoms with Gasteiger partial charge >= 0.3 is 0 Å². The maximum Gasteiger partial charge on any atom is 0.292 e. The van der Waals surface area contributed by atoms with Crippen LogP contribution in [-0.2, 0) is 0 Å². The molecule has 1 aromatic heterocycles. The molecule has 1 saturated heterocycles. The first kappa shape index (κ1) is 33.3. The molecule has 2 amide bonds. The van der Waals surface area contributed by atoms with Crippen molar-refractivity contribution in [1.29, 1.82) is 0 Å². The normalized spacial score (nSPS) is 13.5. The van der Waals surface area contributed by atoms with Gasteiger partial charge in [0.1, 0.15) is 17.2 Å². The number of amides is 2. The van der Waals surface area contributed by atoms with Gasteiger partial charge in [-0.25, -0.2) is 0 Å². The number of carbonyl (C=O) groups excluding carboxylic acids is 2. The molecule has 2 heterocycles. The Morgan fingerprint density at radius 1 is 0.830 bits per heavy atom. The predicted octanol–water partition coefficient (Wildman–Crippen LogP) is 5.62. The molecule has 4 aromatic rings. The molecule has 0 spiro atoms. The summed E-state index contributed by atoms with van der Waals surface area (Å²) in [5, 5.41) is 40.2. The molecule has 0 radical (unpaired) electrons. The van der Waals surface area contributed by atoms with Crippen molar-refractivity contribution >= 4 is 17.5 Å². The Bertz CT molecular complexity index is 1770. The molecule has 1 fully saturated rings. The van der Waals surface area contributed by atoms with E-state index in [9.17, 15) is 24.9 Å². The second-order valence-corrected chi connectivity index (χ2v) is 12.7. The largest absolute Gasteiger partial charge is 0.508 e. The monoisotopic (exact) mass is 640 g/mol. The summed E-state index contributed by atoms with van der Waals surface area (Å²) in [7, 11) is 0. The van der Waals surface area contributed by atoms with Gasteiger partial charge in [-0.05, 0) is 99.7 Å². The standard InChI is InChI=1S/C36H44N6O5/c1-8-41(22(4)5)36(47)34-38-37-33(29-19-28(21(2)3)30(43)20-31(29)44)42(34)26-11-9-25(10-12-26)35(46)40-15-13-39(14-16-40)27-17-23(6)32(45)24(7)18-27/h9-12,17-22,43-45H,8,13-16H2,1-7H3. The van der Waals surface area contributed by atoms with Crippen LogP contribution < -0.4 is 4.90 Å². The predicted molar refractivity (Wildman–Crippen MR) is 182 cm³/mol. The lowest BCUT2D eigenvalue weighted by Gasteiger charge is -2.36. The van der Waals surface area contributed by atoms with Crippen LogP contribution in [0.2, 0.25) is 0 Å². The smallest absolute Gasteiger partial charge is 0.292 e. The summed E-state index contributed by atoms with van der Waals surface area (Å²) >= 11 is 0. The van der Waals surface area contributed by atoms with Crippen LogP contribution in [0.25, 0.3) is 17.1 Å². The van der Waals surface area contributed by atoms with E-state index in [4.69, 9.17) is 0 Å². The number of phenols is 3. The molecule has 5 rings (SSSR count). The molecule has 0 bridgehead atoms. The second kappa shape index (κ2) is 13.4. The third-order valence-corrected chi connectivity index (χ3v) is 8.87. The third-order valence-electron chi connectivity index (χ3n) is 8.87. The van der Waals surface area contributed by atoms with Gasteiger partial charge < -0.3 is 30.0 Å². The lowest BCUT2D eigenvalue weighted by Crippen LogP contribution is -2.48. The van der Waals surface area contributed by atoms with E-state index >= 15 is 0 Å². The number of piperazine rings is 1. The van der Waals surface area contributed by atoms with Crippen molar-refractivity contribution in [2.75, 3.05) is 37.6 Å². The minimum atomic E-state index is -0.319. The highest BCUT2D eigenvalue weighted by Gasteiger charge is 2.29. The highest BCUT2D eigenvalue weighted by atomic mass is 16.3. The molecule has 1 aliphatic rings. The first-order chi connectivity index (χ1) is 22.3. The summed E-state index contributed by atoms with van der Waals surface area (Å²) in [4.78, 5) is 33.0. The van der Waals surface area contributed by atoms with Crippen LogP contribution in [0.4, 0.5) is 5.69 Å². The van der Waals surface area contributed by atoms with E-state index in [1.165, 1.54) is 6.07 Å². The van der Waals surface area contributed by atoms with E-state index in [2.05, 4.69) is 15.1 Å². The minimum Gasteiger partial charge on any atom is -0.508 e. The molecule has 0 atom stereocenters. The zero-order chi connectivity index (χ0) is 34.2. The maximum absolute atomic E-state index is 13.8. The van der Waals surface area contributed by atoms with Gasteiger partial charge in [-0.2, -0.15) is 0 Å². The average molecular weight is 641 g/mol. The van der Waals surface area contributed by atoms with Gasteiger partial charge in [0.2, 0.25) is 5.82 Å². The van der Waals surface area contributed by atoms with Crippen LogP contribution in [0, 0.1) is 13.8 Å². The van der Waals surface area contributed by atoms with E-state index in [0.29, 0.717) is 60.9 Å². The third kappa shape index (κ3) is 6.47. The molecule has 3 aromatic carbocycles. The van der Waals surface area contributed by atoms with Crippen LogP contribution in [0.5, 0.6) is 17.2 Å². The number of hydrogen-bond acceptors (Lipinski definition) is 8. The van der Waals surface area contributed by atoms with Crippen molar-refractivity contribution in [1.82, 2.24) is 24.6 Å². The minimum absolute atomic E-state index is 0.0300. The lowest BCUT2D eigenvalue weighted by molar-refractivity contribution is 0.0700. The van der Waals surface area contributed by atoms with Crippen molar-refractivity contribution in [3.8, 4) is 34.3 Å². The Balaban J connectivity index is 1.45. The fourth-order valence-corrected chi connectivity index (χ4v) is 6.17. The SMILES string of the molecule is CCN(C(=O)c1nnc(-c2cc(C(C)C)c(O)cc2O)n1-c1ccc(C(=O)N2CCN(c3cc(C)c(O)c(C)c3)CC2)cc1)C(C)C. The number of aromatic nitrogens is 3. The highest BCUT2D eigenvalue weighted by Crippen LogP contribution is 2.38. The molecular weight excluding hydrogens is 596 g/mol. The molecule has 0 unspecified atom stereocenters. The molecule has 3 N–H and O–H groups in total. The van der Waals surface area contributed by atoms with E-state index in [0.717, 1.165) is 16.8 Å². The van der Waals surface area contributed by atoms with E-state index in [-0.39, 0.29) is 46.9 Å². The van der Waals surface area contributed by atoms with Crippen LogP contribution in [0.15, 0.2) is 48.5 Å². The first-order valence-electron chi connectivity index (χ1n) is 16.1. The van der Waals surface area contributed by atoms with E-state index in [1.54, 1.807) is 39.8 Å². The maximum atomic E-state index is 13.8. The lowest BCUT2D eigenvalue weighted by atomic mass is 9.98. The molecule has 11 nitrogen and oxygen atoms in total. The van der Waals surface area contributed by atoms with Gasteiger partial charge in [0.25, 0.3) is 11.8 Å². The molecule has 0 saturated carbocycles. The number of aryl methyl sites for hydroxylation is 2. The summed E-state index contributed by atoms with van der Waals surface area (Å²) < 4.78 is 1.60. The zero-order valence-electron chi connectivity index (χ0n) is 28.2. The number of aromatic hydroxyl groups is 3. The van der Waals surface area contributed by atoms with Gasteiger partial charge in [0.15, 0.2) is 5.82 Å². The average Bonchev–Trinajstić information content (AvgIpc) is 3.48. The number of hydrogen-bond donors (Lipinski definition) is 3. The summed E-state index contributed by atoms with van der Waals surface area (Å²) in [6.45, 7) is 16.3. The van der Waals surface area contributed by atoms with Crippen LogP contribution >= 0.6 is 0 Å². The Labute approximate surface area is 275 Å². The van der Waals surface area contributed by atoms with Crippen molar-refractivity contribution in [2.24, 2.45) is 0 Å². The fourth-order valence-electron chi connectivity index (χ4n) is 6.17. The van der Waals surface area contributed by atoms with Crippen LogP contribution in [0.3, 0.4) is 0 Å². The topological polar surface area (TPSA) is 135 Å².